The minimum Gasteiger partial charge on any atom is -0.493 e. The van der Waals surface area contributed by atoms with Crippen LogP contribution in [0.5, 0.6) is 17.2 Å². The van der Waals surface area contributed by atoms with Gasteiger partial charge < -0.3 is 14.2 Å². The van der Waals surface area contributed by atoms with Gasteiger partial charge in [0.15, 0.2) is 11.5 Å². The van der Waals surface area contributed by atoms with Crippen LogP contribution in [0.1, 0.15) is 16.8 Å². The number of nitrogens with one attached hydrogen (secondary N) is 1. The monoisotopic (exact) mass is 365 g/mol. The maximum absolute atomic E-state index is 5.38. The van der Waals surface area contributed by atoms with Gasteiger partial charge in [0.25, 0.3) is 0 Å². The molecule has 1 heterocycles. The first-order valence-electron chi connectivity index (χ1n) is 8.52. The molecule has 0 amide bonds. The Labute approximate surface area is 158 Å². The molecule has 0 aliphatic carbocycles. The highest BCUT2D eigenvalue weighted by Gasteiger charge is 2.12. The molecule has 0 bridgehead atoms. The van der Waals surface area contributed by atoms with E-state index in [4.69, 9.17) is 14.2 Å². The van der Waals surface area contributed by atoms with Crippen molar-refractivity contribution in [3.05, 3.63) is 53.2 Å². The topological polar surface area (TPSA) is 65.0 Å². The van der Waals surface area contributed by atoms with E-state index < -0.39 is 0 Å². The van der Waals surface area contributed by atoms with Crippen LogP contribution in [0.4, 0.5) is 5.69 Å². The number of ether oxygens (including phenoxy) is 3. The zero-order chi connectivity index (χ0) is 19.4. The first-order chi connectivity index (χ1) is 13.0. The van der Waals surface area contributed by atoms with Crippen molar-refractivity contribution in [2.24, 2.45) is 5.10 Å². The number of aromatic nitrogens is 1. The fraction of sp³-hybridized carbons (Fsp3) is 0.238. The van der Waals surface area contributed by atoms with Crippen molar-refractivity contribution < 1.29 is 14.2 Å². The molecule has 0 saturated carbocycles. The van der Waals surface area contributed by atoms with Crippen LogP contribution in [0.15, 0.2) is 41.5 Å². The van der Waals surface area contributed by atoms with Gasteiger partial charge in [0.1, 0.15) is 0 Å². The molecule has 6 nitrogen and oxygen atoms in total. The zero-order valence-electron chi connectivity index (χ0n) is 16.2. The molecule has 0 saturated heterocycles. The summed E-state index contributed by atoms with van der Waals surface area (Å²) in [5, 5.41) is 5.41. The zero-order valence-corrected chi connectivity index (χ0v) is 16.2. The number of fused-ring (bicyclic) bond motifs is 1. The largest absolute Gasteiger partial charge is 0.493 e. The van der Waals surface area contributed by atoms with Crippen LogP contribution in [-0.4, -0.2) is 32.5 Å². The summed E-state index contributed by atoms with van der Waals surface area (Å²) >= 11 is 0. The normalized spacial score (nSPS) is 11.0. The summed E-state index contributed by atoms with van der Waals surface area (Å²) in [6.07, 6.45) is 1.71. The number of hydrazone groups is 1. The lowest BCUT2D eigenvalue weighted by molar-refractivity contribution is 0.324. The number of hydrogen-bond acceptors (Lipinski definition) is 6. The highest BCUT2D eigenvalue weighted by atomic mass is 16.5. The van der Waals surface area contributed by atoms with Crippen LogP contribution in [0, 0.1) is 13.8 Å². The molecule has 27 heavy (non-hydrogen) atoms. The Balaban J connectivity index is 1.92. The maximum Gasteiger partial charge on any atom is 0.203 e. The fourth-order valence-electron chi connectivity index (χ4n) is 2.92. The van der Waals surface area contributed by atoms with E-state index in [-0.39, 0.29) is 0 Å². The second-order valence-corrected chi connectivity index (χ2v) is 6.16. The Morgan fingerprint density at radius 3 is 2.26 bits per heavy atom. The molecule has 0 atom stereocenters. The first-order valence-corrected chi connectivity index (χ1v) is 8.52. The number of rotatable bonds is 6. The van der Waals surface area contributed by atoms with Gasteiger partial charge in [0.2, 0.25) is 5.75 Å². The third kappa shape index (κ3) is 3.95. The van der Waals surface area contributed by atoms with E-state index in [2.05, 4.69) is 34.6 Å². The van der Waals surface area contributed by atoms with Crippen LogP contribution in [0.25, 0.3) is 10.9 Å². The van der Waals surface area contributed by atoms with Crippen molar-refractivity contribution in [1.29, 1.82) is 0 Å². The molecule has 1 aromatic heterocycles. The van der Waals surface area contributed by atoms with E-state index in [9.17, 15) is 0 Å². The predicted molar refractivity (Wildman–Crippen MR) is 109 cm³/mol. The lowest BCUT2D eigenvalue weighted by atomic mass is 10.1. The molecular weight excluding hydrogens is 342 g/mol. The number of anilines is 1. The Morgan fingerprint density at radius 1 is 0.926 bits per heavy atom. The predicted octanol–water partition coefficient (Wildman–Crippen LogP) is 4.32. The molecule has 0 fully saturated rings. The number of aryl methyl sites for hydroxylation is 2. The third-order valence-electron chi connectivity index (χ3n) is 4.18. The van der Waals surface area contributed by atoms with E-state index in [1.165, 1.54) is 5.56 Å². The summed E-state index contributed by atoms with van der Waals surface area (Å²) in [5.41, 5.74) is 7.89. The fourth-order valence-corrected chi connectivity index (χ4v) is 2.92. The van der Waals surface area contributed by atoms with E-state index >= 15 is 0 Å². The van der Waals surface area contributed by atoms with Crippen LogP contribution >= 0.6 is 0 Å². The van der Waals surface area contributed by atoms with Gasteiger partial charge in [0.05, 0.1) is 38.7 Å². The second kappa shape index (κ2) is 7.95. The summed E-state index contributed by atoms with van der Waals surface area (Å²) in [5.74, 6) is 1.72. The average molecular weight is 365 g/mol. The molecule has 0 unspecified atom stereocenters. The number of pyridine rings is 1. The summed E-state index contributed by atoms with van der Waals surface area (Å²) in [7, 11) is 4.75. The summed E-state index contributed by atoms with van der Waals surface area (Å²) in [4.78, 5) is 4.57. The van der Waals surface area contributed by atoms with Crippen molar-refractivity contribution in [3.8, 4) is 17.2 Å². The number of nitrogens with zero attached hydrogens (tertiary/aromatic N) is 2. The molecular formula is C21H23N3O3. The molecule has 2 aromatic carbocycles. The van der Waals surface area contributed by atoms with E-state index in [1.807, 2.05) is 31.2 Å². The highest BCUT2D eigenvalue weighted by Crippen LogP contribution is 2.37. The van der Waals surface area contributed by atoms with Crippen LogP contribution in [-0.2, 0) is 0 Å². The molecule has 0 spiro atoms. The van der Waals surface area contributed by atoms with Gasteiger partial charge >= 0.3 is 0 Å². The Bertz CT molecular complexity index is 974. The van der Waals surface area contributed by atoms with Crippen molar-refractivity contribution in [1.82, 2.24) is 4.98 Å². The van der Waals surface area contributed by atoms with Gasteiger partial charge in [0, 0.05) is 16.6 Å². The van der Waals surface area contributed by atoms with Gasteiger partial charge in [-0.05, 0) is 44.2 Å². The van der Waals surface area contributed by atoms with E-state index in [0.29, 0.717) is 17.2 Å². The number of benzene rings is 2. The highest BCUT2D eigenvalue weighted by molar-refractivity contribution is 5.92. The Kier molecular flexibility index (Phi) is 5.45. The van der Waals surface area contributed by atoms with Gasteiger partial charge in [-0.25, -0.2) is 0 Å². The van der Waals surface area contributed by atoms with Crippen LogP contribution in [0.3, 0.4) is 0 Å². The minimum absolute atomic E-state index is 0.552. The lowest BCUT2D eigenvalue weighted by Crippen LogP contribution is -1.98. The lowest BCUT2D eigenvalue weighted by Gasteiger charge is -2.12. The molecule has 0 aliphatic heterocycles. The van der Waals surface area contributed by atoms with Gasteiger partial charge in [-0.1, -0.05) is 11.6 Å². The molecule has 0 aliphatic rings. The minimum atomic E-state index is 0.552. The summed E-state index contributed by atoms with van der Waals surface area (Å²) in [6.45, 7) is 4.02. The molecule has 3 rings (SSSR count). The smallest absolute Gasteiger partial charge is 0.203 e. The summed E-state index contributed by atoms with van der Waals surface area (Å²) < 4.78 is 16.1. The summed E-state index contributed by atoms with van der Waals surface area (Å²) in [6, 6.07) is 11.8. The van der Waals surface area contributed by atoms with Crippen LogP contribution in [0.2, 0.25) is 0 Å². The standard InChI is InChI=1S/C21H23N3O3/c1-13-6-7-17-16(8-13)18(9-14(2)23-17)24-22-12-15-10-19(25-3)21(27-5)20(11-15)26-4/h6-12H,1-5H3,(H,23,24). The Hall–Kier alpha value is -3.28. The quantitative estimate of drug-likeness (QED) is 0.520. The van der Waals surface area contributed by atoms with Crippen molar-refractivity contribution in [2.45, 2.75) is 13.8 Å². The number of methoxy groups -OCH3 is 3. The molecule has 1 N–H and O–H groups in total. The maximum atomic E-state index is 5.38. The Morgan fingerprint density at radius 2 is 1.63 bits per heavy atom. The molecule has 0 radical (unpaired) electrons. The third-order valence-corrected chi connectivity index (χ3v) is 4.18. The van der Waals surface area contributed by atoms with Crippen molar-refractivity contribution in [3.63, 3.8) is 0 Å². The molecule has 6 heteroatoms. The van der Waals surface area contributed by atoms with Crippen molar-refractivity contribution >= 4 is 22.8 Å². The second-order valence-electron chi connectivity index (χ2n) is 6.16. The molecule has 140 valence electrons. The molecule has 3 aromatic rings. The average Bonchev–Trinajstić information content (AvgIpc) is 2.67. The van der Waals surface area contributed by atoms with Gasteiger partial charge in [-0.3, -0.25) is 10.4 Å². The van der Waals surface area contributed by atoms with E-state index in [1.54, 1.807) is 27.5 Å². The number of hydrogen-bond donors (Lipinski definition) is 1. The SMILES string of the molecule is COc1cc(C=NNc2cc(C)nc3ccc(C)cc23)cc(OC)c1OC. The van der Waals surface area contributed by atoms with Gasteiger partial charge in [-0.2, -0.15) is 5.10 Å². The first kappa shape index (κ1) is 18.5. The van der Waals surface area contributed by atoms with Crippen LogP contribution < -0.4 is 19.6 Å². The van der Waals surface area contributed by atoms with Crippen molar-refractivity contribution in [2.75, 3.05) is 26.8 Å². The van der Waals surface area contributed by atoms with E-state index in [0.717, 1.165) is 27.8 Å². The van der Waals surface area contributed by atoms with Gasteiger partial charge in [-0.15, -0.1) is 0 Å².